The fourth-order valence-electron chi connectivity index (χ4n) is 2.33. The van der Waals surface area contributed by atoms with Crippen LogP contribution in [-0.2, 0) is 0 Å². The molecule has 0 atom stereocenters. The second-order valence-corrected chi connectivity index (χ2v) is 5.18. The third-order valence-electron chi connectivity index (χ3n) is 3.52. The molecular weight excluding hydrogens is 346 g/mol. The SMILES string of the molecule is COc1cc(F)ccc1-c1cc(Nc2ccc(F)c([N+](=O)[O-])c2)ncn1. The van der Waals surface area contributed by atoms with Crippen LogP contribution in [0.1, 0.15) is 0 Å². The minimum Gasteiger partial charge on any atom is -0.496 e. The van der Waals surface area contributed by atoms with Gasteiger partial charge in [-0.15, -0.1) is 0 Å². The number of nitro benzene ring substituents is 1. The molecule has 0 bridgehead atoms. The molecule has 3 aromatic rings. The molecule has 0 aliphatic rings. The van der Waals surface area contributed by atoms with Crippen LogP contribution in [0, 0.1) is 21.7 Å². The standard InChI is InChI=1S/C17H12F2N4O3/c1-26-16-6-10(18)2-4-12(16)14-8-17(21-9-20-14)22-11-3-5-13(19)15(7-11)23(24)25/h2-9H,1H3,(H,20,21,22). The molecule has 0 radical (unpaired) electrons. The van der Waals surface area contributed by atoms with Crippen LogP contribution < -0.4 is 10.1 Å². The van der Waals surface area contributed by atoms with Gasteiger partial charge in [-0.05, 0) is 24.3 Å². The van der Waals surface area contributed by atoms with Crippen molar-refractivity contribution >= 4 is 17.2 Å². The largest absolute Gasteiger partial charge is 0.496 e. The van der Waals surface area contributed by atoms with Crippen molar-refractivity contribution in [2.45, 2.75) is 0 Å². The Hall–Kier alpha value is -3.62. The lowest BCUT2D eigenvalue weighted by Crippen LogP contribution is -1.99. The fourth-order valence-corrected chi connectivity index (χ4v) is 2.33. The Labute approximate surface area is 146 Å². The molecule has 7 nitrogen and oxygen atoms in total. The molecule has 132 valence electrons. The zero-order valence-electron chi connectivity index (χ0n) is 13.4. The van der Waals surface area contributed by atoms with Gasteiger partial charge in [-0.3, -0.25) is 10.1 Å². The van der Waals surface area contributed by atoms with E-state index in [4.69, 9.17) is 4.74 Å². The molecule has 26 heavy (non-hydrogen) atoms. The predicted octanol–water partition coefficient (Wildman–Crippen LogP) is 4.08. The van der Waals surface area contributed by atoms with Crippen LogP contribution in [0.15, 0.2) is 48.8 Å². The van der Waals surface area contributed by atoms with Crippen LogP contribution in [0.2, 0.25) is 0 Å². The van der Waals surface area contributed by atoms with Crippen LogP contribution in [0.3, 0.4) is 0 Å². The Morgan fingerprint density at radius 2 is 1.92 bits per heavy atom. The van der Waals surface area contributed by atoms with Gasteiger partial charge in [-0.1, -0.05) is 0 Å². The fraction of sp³-hybridized carbons (Fsp3) is 0.0588. The highest BCUT2D eigenvalue weighted by molar-refractivity contribution is 5.70. The minimum absolute atomic E-state index is 0.286. The predicted molar refractivity (Wildman–Crippen MR) is 90.3 cm³/mol. The average Bonchev–Trinajstić information content (AvgIpc) is 2.63. The highest BCUT2D eigenvalue weighted by Gasteiger charge is 2.15. The van der Waals surface area contributed by atoms with Gasteiger partial charge in [-0.2, -0.15) is 4.39 Å². The average molecular weight is 358 g/mol. The smallest absolute Gasteiger partial charge is 0.306 e. The lowest BCUT2D eigenvalue weighted by molar-refractivity contribution is -0.387. The number of aromatic nitrogens is 2. The van der Waals surface area contributed by atoms with E-state index in [-0.39, 0.29) is 5.69 Å². The van der Waals surface area contributed by atoms with Gasteiger partial charge in [0.2, 0.25) is 5.82 Å². The van der Waals surface area contributed by atoms with E-state index >= 15 is 0 Å². The molecule has 0 unspecified atom stereocenters. The van der Waals surface area contributed by atoms with E-state index in [0.29, 0.717) is 22.8 Å². The van der Waals surface area contributed by atoms with E-state index in [1.807, 2.05) is 0 Å². The number of hydrogen-bond donors (Lipinski definition) is 1. The van der Waals surface area contributed by atoms with Gasteiger partial charge >= 0.3 is 5.69 Å². The van der Waals surface area contributed by atoms with Gasteiger partial charge < -0.3 is 10.1 Å². The first-order valence-electron chi connectivity index (χ1n) is 7.35. The number of anilines is 2. The monoisotopic (exact) mass is 358 g/mol. The summed E-state index contributed by atoms with van der Waals surface area (Å²) >= 11 is 0. The van der Waals surface area contributed by atoms with Crippen LogP contribution in [-0.4, -0.2) is 22.0 Å². The summed E-state index contributed by atoms with van der Waals surface area (Å²) in [7, 11) is 1.41. The maximum Gasteiger partial charge on any atom is 0.306 e. The number of benzene rings is 2. The summed E-state index contributed by atoms with van der Waals surface area (Å²) in [6.45, 7) is 0. The summed E-state index contributed by atoms with van der Waals surface area (Å²) in [6, 6.07) is 8.99. The summed E-state index contributed by atoms with van der Waals surface area (Å²) in [4.78, 5) is 18.2. The van der Waals surface area contributed by atoms with E-state index in [0.717, 1.165) is 12.1 Å². The topological polar surface area (TPSA) is 90.2 Å². The second kappa shape index (κ2) is 7.09. The van der Waals surface area contributed by atoms with Gasteiger partial charge in [0.1, 0.15) is 23.7 Å². The molecule has 1 heterocycles. The van der Waals surface area contributed by atoms with Crippen LogP contribution >= 0.6 is 0 Å². The first-order valence-corrected chi connectivity index (χ1v) is 7.35. The van der Waals surface area contributed by atoms with Crippen molar-refractivity contribution in [3.05, 3.63) is 70.5 Å². The number of methoxy groups -OCH3 is 1. The minimum atomic E-state index is -0.931. The van der Waals surface area contributed by atoms with Crippen LogP contribution in [0.25, 0.3) is 11.3 Å². The van der Waals surface area contributed by atoms with Crippen LogP contribution in [0.5, 0.6) is 5.75 Å². The Morgan fingerprint density at radius 3 is 2.65 bits per heavy atom. The number of nitro groups is 1. The number of halogens is 2. The van der Waals surface area contributed by atoms with E-state index in [1.165, 1.54) is 37.7 Å². The zero-order valence-corrected chi connectivity index (χ0v) is 13.4. The molecule has 0 aliphatic heterocycles. The molecule has 1 N–H and O–H groups in total. The van der Waals surface area contributed by atoms with Crippen molar-refractivity contribution < 1.29 is 18.4 Å². The van der Waals surface area contributed by atoms with Gasteiger partial charge in [0.25, 0.3) is 0 Å². The Balaban J connectivity index is 1.94. The Kier molecular flexibility index (Phi) is 4.70. The van der Waals surface area contributed by atoms with Gasteiger partial charge in [0.05, 0.1) is 17.7 Å². The number of rotatable bonds is 5. The highest BCUT2D eigenvalue weighted by Crippen LogP contribution is 2.31. The van der Waals surface area contributed by atoms with E-state index in [1.54, 1.807) is 6.07 Å². The third kappa shape index (κ3) is 3.56. The van der Waals surface area contributed by atoms with Crippen molar-refractivity contribution in [1.29, 1.82) is 0 Å². The number of nitrogens with one attached hydrogen (secondary N) is 1. The van der Waals surface area contributed by atoms with Crippen molar-refractivity contribution in [3.8, 4) is 17.0 Å². The molecule has 0 saturated heterocycles. The normalized spacial score (nSPS) is 10.4. The third-order valence-corrected chi connectivity index (χ3v) is 3.52. The van der Waals surface area contributed by atoms with Crippen molar-refractivity contribution in [2.75, 3.05) is 12.4 Å². The second-order valence-electron chi connectivity index (χ2n) is 5.18. The first kappa shape index (κ1) is 17.2. The van der Waals surface area contributed by atoms with E-state index in [9.17, 15) is 18.9 Å². The van der Waals surface area contributed by atoms with Gasteiger partial charge in [-0.25, -0.2) is 14.4 Å². The lowest BCUT2D eigenvalue weighted by atomic mass is 10.1. The summed E-state index contributed by atoms with van der Waals surface area (Å²) in [5.41, 5.74) is 0.638. The molecule has 0 spiro atoms. The van der Waals surface area contributed by atoms with Gasteiger partial charge in [0, 0.05) is 29.4 Å². The quantitative estimate of drug-likeness (QED) is 0.546. The molecule has 2 aromatic carbocycles. The molecule has 0 fully saturated rings. The first-order chi connectivity index (χ1) is 12.5. The van der Waals surface area contributed by atoms with Crippen molar-refractivity contribution in [3.63, 3.8) is 0 Å². The summed E-state index contributed by atoms with van der Waals surface area (Å²) in [5.74, 6) is -0.758. The maximum atomic E-state index is 13.4. The summed E-state index contributed by atoms with van der Waals surface area (Å²) < 4.78 is 31.9. The molecular formula is C17H12F2N4O3. The molecule has 3 rings (SSSR count). The Bertz CT molecular complexity index is 982. The number of hydrogen-bond acceptors (Lipinski definition) is 6. The maximum absolute atomic E-state index is 13.4. The summed E-state index contributed by atoms with van der Waals surface area (Å²) in [5, 5.41) is 13.7. The number of ether oxygens (including phenoxy) is 1. The van der Waals surface area contributed by atoms with E-state index in [2.05, 4.69) is 15.3 Å². The number of nitrogens with zero attached hydrogens (tertiary/aromatic N) is 3. The van der Waals surface area contributed by atoms with Crippen molar-refractivity contribution in [2.24, 2.45) is 0 Å². The van der Waals surface area contributed by atoms with Crippen LogP contribution in [0.4, 0.5) is 26.0 Å². The highest BCUT2D eigenvalue weighted by atomic mass is 19.1. The zero-order chi connectivity index (χ0) is 18.7. The van der Waals surface area contributed by atoms with Gasteiger partial charge in [0.15, 0.2) is 0 Å². The molecule has 0 aliphatic carbocycles. The molecule has 0 amide bonds. The Morgan fingerprint density at radius 1 is 1.12 bits per heavy atom. The lowest BCUT2D eigenvalue weighted by Gasteiger charge is -2.10. The van der Waals surface area contributed by atoms with Crippen molar-refractivity contribution in [1.82, 2.24) is 9.97 Å². The van der Waals surface area contributed by atoms with E-state index < -0.39 is 22.2 Å². The molecule has 9 heteroatoms. The summed E-state index contributed by atoms with van der Waals surface area (Å²) in [6.07, 6.45) is 1.28. The molecule has 0 saturated carbocycles. The molecule has 1 aromatic heterocycles.